The van der Waals surface area contributed by atoms with E-state index in [9.17, 15) is 20.1 Å². The van der Waals surface area contributed by atoms with Crippen molar-refractivity contribution in [2.75, 3.05) is 20.7 Å². The number of hydrogen-bond donors (Lipinski definition) is 4. The minimum Gasteiger partial charge on any atom is -0.507 e. The van der Waals surface area contributed by atoms with E-state index in [1.165, 1.54) is 25.3 Å². The fourth-order valence-electron chi connectivity index (χ4n) is 1.55. The maximum Gasteiger partial charge on any atom is 0.341 e. The van der Waals surface area contributed by atoms with Gasteiger partial charge in [0.05, 0.1) is 13.2 Å². The Hall–Kier alpha value is -1.63. The van der Waals surface area contributed by atoms with Crippen molar-refractivity contribution < 1.29 is 24.9 Å². The van der Waals surface area contributed by atoms with E-state index in [-0.39, 0.29) is 17.9 Å². The van der Waals surface area contributed by atoms with Crippen molar-refractivity contribution in [3.8, 4) is 5.75 Å². The van der Waals surface area contributed by atoms with Crippen LogP contribution in [0, 0.1) is 0 Å². The Bertz CT molecular complexity index is 421. The molecule has 0 radical (unpaired) electrons. The number of carbonyl (C=O) groups excluding carboxylic acids is 1. The third-order valence-corrected chi connectivity index (χ3v) is 2.55. The number of aliphatic hydroxyl groups excluding tert-OH is 2. The zero-order valence-corrected chi connectivity index (χ0v) is 10.3. The van der Waals surface area contributed by atoms with Crippen molar-refractivity contribution in [3.05, 3.63) is 29.3 Å². The van der Waals surface area contributed by atoms with E-state index in [0.29, 0.717) is 5.56 Å². The van der Waals surface area contributed by atoms with Crippen LogP contribution in [-0.2, 0) is 4.74 Å². The zero-order chi connectivity index (χ0) is 13.7. The number of ether oxygens (including phenoxy) is 1. The molecule has 0 aliphatic heterocycles. The molecule has 0 bridgehead atoms. The summed E-state index contributed by atoms with van der Waals surface area (Å²) in [4.78, 5) is 11.4. The van der Waals surface area contributed by atoms with Crippen molar-refractivity contribution in [2.45, 2.75) is 12.2 Å². The summed E-state index contributed by atoms with van der Waals surface area (Å²) in [6.07, 6.45) is -2.16. The minimum atomic E-state index is -1.15. The van der Waals surface area contributed by atoms with Gasteiger partial charge in [-0.15, -0.1) is 0 Å². The van der Waals surface area contributed by atoms with Gasteiger partial charge in [0.1, 0.15) is 17.4 Å². The van der Waals surface area contributed by atoms with Gasteiger partial charge in [-0.2, -0.15) is 0 Å². The number of likely N-dealkylation sites (N-methyl/N-ethyl adjacent to an activating group) is 1. The molecule has 0 spiro atoms. The molecular weight excluding hydrogens is 238 g/mol. The molecule has 0 amide bonds. The number of aliphatic hydroxyl groups is 2. The Kier molecular flexibility index (Phi) is 5.08. The van der Waals surface area contributed by atoms with Gasteiger partial charge in [-0.05, 0) is 24.7 Å². The number of methoxy groups -OCH3 is 1. The number of hydrogen-bond acceptors (Lipinski definition) is 6. The Morgan fingerprint density at radius 2 is 2.11 bits per heavy atom. The van der Waals surface area contributed by atoms with E-state index in [0.717, 1.165) is 0 Å². The van der Waals surface area contributed by atoms with Crippen LogP contribution in [-0.4, -0.2) is 48.1 Å². The van der Waals surface area contributed by atoms with Crippen molar-refractivity contribution in [2.24, 2.45) is 0 Å². The van der Waals surface area contributed by atoms with Crippen LogP contribution >= 0.6 is 0 Å². The van der Waals surface area contributed by atoms with E-state index in [1.807, 2.05) is 0 Å². The lowest BCUT2D eigenvalue weighted by molar-refractivity contribution is 0.0201. The van der Waals surface area contributed by atoms with Crippen LogP contribution in [0.1, 0.15) is 22.0 Å². The number of phenolic OH excluding ortho intramolecular Hbond substituents is 1. The van der Waals surface area contributed by atoms with Gasteiger partial charge >= 0.3 is 5.97 Å². The first-order valence-corrected chi connectivity index (χ1v) is 5.43. The summed E-state index contributed by atoms with van der Waals surface area (Å²) in [5.41, 5.74) is 0.279. The highest BCUT2D eigenvalue weighted by molar-refractivity contribution is 5.92. The molecule has 6 heteroatoms. The number of carbonyl (C=O) groups is 1. The average molecular weight is 255 g/mol. The lowest BCUT2D eigenvalue weighted by Crippen LogP contribution is -2.29. The van der Waals surface area contributed by atoms with Gasteiger partial charge in [0.25, 0.3) is 0 Å². The molecule has 0 heterocycles. The number of benzene rings is 1. The number of esters is 1. The van der Waals surface area contributed by atoms with Gasteiger partial charge in [0.2, 0.25) is 0 Å². The van der Waals surface area contributed by atoms with Crippen LogP contribution in [0.2, 0.25) is 0 Å². The summed E-state index contributed by atoms with van der Waals surface area (Å²) >= 11 is 0. The maximum atomic E-state index is 11.4. The number of phenols is 1. The van der Waals surface area contributed by atoms with Gasteiger partial charge in [0, 0.05) is 6.54 Å². The minimum absolute atomic E-state index is 0.0503. The van der Waals surface area contributed by atoms with Crippen molar-refractivity contribution in [1.29, 1.82) is 0 Å². The Morgan fingerprint density at radius 1 is 1.44 bits per heavy atom. The van der Waals surface area contributed by atoms with Gasteiger partial charge in [-0.1, -0.05) is 6.07 Å². The number of aromatic hydroxyl groups is 1. The maximum absolute atomic E-state index is 11.4. The molecule has 6 nitrogen and oxygen atoms in total. The largest absolute Gasteiger partial charge is 0.507 e. The third-order valence-electron chi connectivity index (χ3n) is 2.55. The fraction of sp³-hybridized carbons (Fsp3) is 0.417. The van der Waals surface area contributed by atoms with Crippen molar-refractivity contribution in [3.63, 3.8) is 0 Å². The van der Waals surface area contributed by atoms with Crippen LogP contribution in [0.5, 0.6) is 5.75 Å². The van der Waals surface area contributed by atoms with Gasteiger partial charge < -0.3 is 25.4 Å². The molecule has 0 fully saturated rings. The van der Waals surface area contributed by atoms with Crippen LogP contribution in [0.25, 0.3) is 0 Å². The molecule has 4 N–H and O–H groups in total. The predicted molar refractivity (Wildman–Crippen MR) is 64.3 cm³/mol. The smallest absolute Gasteiger partial charge is 0.341 e. The van der Waals surface area contributed by atoms with E-state index in [2.05, 4.69) is 10.1 Å². The standard InChI is InChI=1S/C12H17NO5/c1-13-6-10(15)11(16)7-3-4-9(14)8(5-7)12(17)18-2/h3-5,10-11,13-16H,6H2,1-2H3. The second-order valence-electron chi connectivity index (χ2n) is 3.84. The summed E-state index contributed by atoms with van der Waals surface area (Å²) in [5.74, 6) is -0.939. The highest BCUT2D eigenvalue weighted by Crippen LogP contribution is 2.24. The Morgan fingerprint density at radius 3 is 2.67 bits per heavy atom. The molecule has 0 saturated heterocycles. The van der Waals surface area contributed by atoms with E-state index >= 15 is 0 Å². The first-order chi connectivity index (χ1) is 8.51. The highest BCUT2D eigenvalue weighted by Gasteiger charge is 2.20. The molecule has 18 heavy (non-hydrogen) atoms. The normalized spacial score (nSPS) is 14.0. The summed E-state index contributed by atoms with van der Waals surface area (Å²) in [5, 5.41) is 31.7. The lowest BCUT2D eigenvalue weighted by Gasteiger charge is -2.18. The van der Waals surface area contributed by atoms with Gasteiger partial charge in [-0.3, -0.25) is 0 Å². The SMILES string of the molecule is CNCC(O)C(O)c1ccc(O)c(C(=O)OC)c1. The third kappa shape index (κ3) is 3.19. The predicted octanol–water partition coefficient (Wildman–Crippen LogP) is -0.208. The molecular formula is C12H17NO5. The molecule has 1 aromatic rings. The van der Waals surface area contributed by atoms with Crippen LogP contribution in [0.15, 0.2) is 18.2 Å². The first-order valence-electron chi connectivity index (χ1n) is 5.43. The van der Waals surface area contributed by atoms with Crippen LogP contribution in [0.3, 0.4) is 0 Å². The molecule has 0 aliphatic carbocycles. The number of nitrogens with one attached hydrogen (secondary N) is 1. The van der Waals surface area contributed by atoms with E-state index in [1.54, 1.807) is 7.05 Å². The molecule has 1 rings (SSSR count). The molecule has 0 aliphatic rings. The average Bonchev–Trinajstić information content (AvgIpc) is 2.38. The second-order valence-corrected chi connectivity index (χ2v) is 3.84. The molecule has 100 valence electrons. The Balaban J connectivity index is 3.00. The molecule has 0 saturated carbocycles. The van der Waals surface area contributed by atoms with E-state index in [4.69, 9.17) is 0 Å². The second kappa shape index (κ2) is 6.34. The van der Waals surface area contributed by atoms with Crippen molar-refractivity contribution in [1.82, 2.24) is 5.32 Å². The number of rotatable bonds is 5. The summed E-state index contributed by atoms with van der Waals surface area (Å²) in [7, 11) is 2.84. The fourth-order valence-corrected chi connectivity index (χ4v) is 1.55. The van der Waals surface area contributed by atoms with Crippen LogP contribution in [0.4, 0.5) is 0 Å². The molecule has 2 unspecified atom stereocenters. The zero-order valence-electron chi connectivity index (χ0n) is 10.3. The van der Waals surface area contributed by atoms with Gasteiger partial charge in [0.15, 0.2) is 0 Å². The topological polar surface area (TPSA) is 99.0 Å². The van der Waals surface area contributed by atoms with E-state index < -0.39 is 18.2 Å². The summed E-state index contributed by atoms with van der Waals surface area (Å²) < 4.78 is 4.50. The summed E-state index contributed by atoms with van der Waals surface area (Å²) in [6, 6.07) is 4.01. The Labute approximate surface area is 105 Å². The molecule has 1 aromatic carbocycles. The quantitative estimate of drug-likeness (QED) is 0.543. The monoisotopic (exact) mass is 255 g/mol. The first kappa shape index (κ1) is 14.4. The lowest BCUT2D eigenvalue weighted by atomic mass is 10.0. The van der Waals surface area contributed by atoms with Crippen molar-refractivity contribution >= 4 is 5.97 Å². The highest BCUT2D eigenvalue weighted by atomic mass is 16.5. The molecule has 2 atom stereocenters. The van der Waals surface area contributed by atoms with Crippen LogP contribution < -0.4 is 5.32 Å². The summed E-state index contributed by atoms with van der Waals surface area (Å²) in [6.45, 7) is 0.204. The molecule has 0 aromatic heterocycles. The van der Waals surface area contributed by atoms with Gasteiger partial charge in [-0.25, -0.2) is 4.79 Å².